The molecule has 0 aliphatic carbocycles. The Balaban J connectivity index is 1.28. The zero-order chi connectivity index (χ0) is 25.0. The first-order valence-electron chi connectivity index (χ1n) is 12.6. The van der Waals surface area contributed by atoms with E-state index in [9.17, 15) is 9.59 Å². The predicted molar refractivity (Wildman–Crippen MR) is 137 cm³/mol. The standard InChI is InChI=1S/C27H33N3O5S/c31-13-4-5-14-34-24-17-21(20-8-15-36-18-20)16-23(35-24)25(32)29-11-9-27(10-12-29)26(33)28-19-30(27)22-6-2-1-3-7-22/h1-3,6-8,15-16,18,21,24,31H,4-5,9-14,17,19H2,(H,28,33). The third-order valence-corrected chi connectivity index (χ3v) is 8.08. The fourth-order valence-electron chi connectivity index (χ4n) is 5.33. The summed E-state index contributed by atoms with van der Waals surface area (Å²) in [6, 6.07) is 12.0. The largest absolute Gasteiger partial charge is 0.459 e. The fourth-order valence-corrected chi connectivity index (χ4v) is 6.05. The Morgan fingerprint density at radius 3 is 2.72 bits per heavy atom. The molecule has 3 aliphatic rings. The Morgan fingerprint density at radius 1 is 1.19 bits per heavy atom. The Labute approximate surface area is 215 Å². The molecule has 0 saturated carbocycles. The number of carbonyl (C=O) groups excluding carboxylic acids is 2. The molecule has 8 nitrogen and oxygen atoms in total. The van der Waals surface area contributed by atoms with E-state index in [1.54, 1.807) is 16.2 Å². The van der Waals surface area contributed by atoms with E-state index in [1.807, 2.05) is 41.8 Å². The molecule has 0 radical (unpaired) electrons. The van der Waals surface area contributed by atoms with Gasteiger partial charge in [-0.05, 0) is 66.3 Å². The van der Waals surface area contributed by atoms with Gasteiger partial charge in [0.1, 0.15) is 5.54 Å². The molecule has 2 aromatic rings. The Hall–Kier alpha value is -2.88. The number of ether oxygens (including phenoxy) is 2. The first-order valence-corrected chi connectivity index (χ1v) is 13.6. The molecular weight excluding hydrogens is 478 g/mol. The number of aliphatic hydroxyl groups excluding tert-OH is 1. The number of carbonyl (C=O) groups is 2. The van der Waals surface area contributed by atoms with Crippen LogP contribution in [0.3, 0.4) is 0 Å². The second-order valence-electron chi connectivity index (χ2n) is 9.53. The number of nitrogens with zero attached hydrogens (tertiary/aromatic N) is 2. The smallest absolute Gasteiger partial charge is 0.288 e. The highest BCUT2D eigenvalue weighted by molar-refractivity contribution is 7.08. The summed E-state index contributed by atoms with van der Waals surface area (Å²) in [5.41, 5.74) is 1.52. The van der Waals surface area contributed by atoms with Crippen molar-refractivity contribution >= 4 is 28.8 Å². The van der Waals surface area contributed by atoms with Crippen molar-refractivity contribution in [1.29, 1.82) is 0 Å². The van der Waals surface area contributed by atoms with Crippen LogP contribution in [-0.2, 0) is 19.1 Å². The monoisotopic (exact) mass is 511 g/mol. The van der Waals surface area contributed by atoms with Crippen molar-refractivity contribution < 1.29 is 24.2 Å². The first-order chi connectivity index (χ1) is 17.6. The van der Waals surface area contributed by atoms with E-state index < -0.39 is 11.8 Å². The molecule has 2 atom stereocenters. The Bertz CT molecular complexity index is 1070. The number of allylic oxidation sites excluding steroid dienone is 1. The second-order valence-corrected chi connectivity index (χ2v) is 10.3. The van der Waals surface area contributed by atoms with Crippen LogP contribution in [0.1, 0.15) is 43.6 Å². The molecule has 3 aliphatic heterocycles. The third kappa shape index (κ3) is 5.00. The SMILES string of the molecule is O=C(C1=CC(c2ccsc2)CC(OCCCCO)O1)N1CCC2(CC1)C(=O)NCN2c1ccccc1. The maximum Gasteiger partial charge on any atom is 0.288 e. The summed E-state index contributed by atoms with van der Waals surface area (Å²) in [5.74, 6) is 0.229. The number of hydrogen-bond donors (Lipinski definition) is 2. The van der Waals surface area contributed by atoms with Gasteiger partial charge < -0.3 is 29.7 Å². The first kappa shape index (κ1) is 24.8. The van der Waals surface area contributed by atoms with Crippen molar-refractivity contribution in [2.24, 2.45) is 0 Å². The van der Waals surface area contributed by atoms with Gasteiger partial charge >= 0.3 is 0 Å². The van der Waals surface area contributed by atoms with Gasteiger partial charge in [0.15, 0.2) is 5.76 Å². The Morgan fingerprint density at radius 2 is 2.00 bits per heavy atom. The lowest BCUT2D eigenvalue weighted by atomic mass is 9.85. The fraction of sp³-hybridized carbons (Fsp3) is 0.481. The van der Waals surface area contributed by atoms with E-state index in [4.69, 9.17) is 14.6 Å². The minimum atomic E-state index is -0.641. The molecule has 4 heterocycles. The third-order valence-electron chi connectivity index (χ3n) is 7.38. The van der Waals surface area contributed by atoms with Crippen LogP contribution in [0, 0.1) is 0 Å². The lowest BCUT2D eigenvalue weighted by Crippen LogP contribution is -2.57. The van der Waals surface area contributed by atoms with Crippen LogP contribution in [0.25, 0.3) is 0 Å². The minimum absolute atomic E-state index is 0.0282. The lowest BCUT2D eigenvalue weighted by molar-refractivity contribution is -0.154. The van der Waals surface area contributed by atoms with Crippen LogP contribution >= 0.6 is 11.3 Å². The average molecular weight is 512 g/mol. The van der Waals surface area contributed by atoms with Crippen LogP contribution in [0.15, 0.2) is 59.0 Å². The van der Waals surface area contributed by atoms with E-state index in [0.29, 0.717) is 57.8 Å². The number of hydrogen-bond acceptors (Lipinski definition) is 7. The maximum atomic E-state index is 13.6. The number of likely N-dealkylation sites (tertiary alicyclic amines) is 1. The molecule has 36 heavy (non-hydrogen) atoms. The predicted octanol–water partition coefficient (Wildman–Crippen LogP) is 3.21. The van der Waals surface area contributed by atoms with Crippen molar-refractivity contribution in [2.75, 3.05) is 37.9 Å². The quantitative estimate of drug-likeness (QED) is 0.529. The highest BCUT2D eigenvalue weighted by Gasteiger charge is 2.51. The molecule has 2 unspecified atom stereocenters. The minimum Gasteiger partial charge on any atom is -0.459 e. The summed E-state index contributed by atoms with van der Waals surface area (Å²) < 4.78 is 12.0. The van der Waals surface area contributed by atoms with E-state index >= 15 is 0 Å². The zero-order valence-electron chi connectivity index (χ0n) is 20.3. The highest BCUT2D eigenvalue weighted by Crippen LogP contribution is 2.38. The number of thiophene rings is 1. The van der Waals surface area contributed by atoms with E-state index in [2.05, 4.69) is 21.7 Å². The number of rotatable bonds is 8. The number of amides is 2. The molecule has 9 heteroatoms. The number of piperidine rings is 1. The van der Waals surface area contributed by atoms with Crippen molar-refractivity contribution in [3.05, 3.63) is 64.6 Å². The molecule has 5 rings (SSSR count). The highest BCUT2D eigenvalue weighted by atomic mass is 32.1. The number of anilines is 1. The van der Waals surface area contributed by atoms with Crippen molar-refractivity contribution in [2.45, 2.75) is 49.9 Å². The van der Waals surface area contributed by atoms with Gasteiger partial charge in [-0.2, -0.15) is 11.3 Å². The van der Waals surface area contributed by atoms with Gasteiger partial charge in [0, 0.05) is 37.7 Å². The number of benzene rings is 1. The van der Waals surface area contributed by atoms with Crippen LogP contribution in [0.2, 0.25) is 0 Å². The van der Waals surface area contributed by atoms with E-state index in [1.165, 1.54) is 0 Å². The van der Waals surface area contributed by atoms with Crippen LogP contribution in [0.5, 0.6) is 0 Å². The molecule has 0 bridgehead atoms. The number of nitrogens with one attached hydrogen (secondary N) is 1. The average Bonchev–Trinajstić information content (AvgIpc) is 3.56. The van der Waals surface area contributed by atoms with Gasteiger partial charge in [-0.1, -0.05) is 18.2 Å². The molecule has 1 aromatic carbocycles. The van der Waals surface area contributed by atoms with Crippen LogP contribution < -0.4 is 10.2 Å². The zero-order valence-corrected chi connectivity index (χ0v) is 21.1. The molecule has 2 saturated heterocycles. The number of para-hydroxylation sites is 1. The number of aliphatic hydroxyl groups is 1. The molecule has 192 valence electrons. The van der Waals surface area contributed by atoms with Gasteiger partial charge in [-0.25, -0.2) is 0 Å². The molecule has 2 fully saturated rings. The summed E-state index contributed by atoms with van der Waals surface area (Å²) in [5, 5.41) is 16.2. The van der Waals surface area contributed by atoms with Gasteiger partial charge in [-0.15, -0.1) is 0 Å². The van der Waals surface area contributed by atoms with Crippen molar-refractivity contribution in [3.8, 4) is 0 Å². The molecule has 2 amide bonds. The summed E-state index contributed by atoms with van der Waals surface area (Å²) in [4.78, 5) is 30.4. The van der Waals surface area contributed by atoms with Gasteiger partial charge in [-0.3, -0.25) is 9.59 Å². The summed E-state index contributed by atoms with van der Waals surface area (Å²) in [6.07, 6.45) is 4.57. The summed E-state index contributed by atoms with van der Waals surface area (Å²) in [6.45, 7) is 2.03. The summed E-state index contributed by atoms with van der Waals surface area (Å²) in [7, 11) is 0. The van der Waals surface area contributed by atoms with Crippen molar-refractivity contribution in [3.63, 3.8) is 0 Å². The molecule has 1 spiro atoms. The van der Waals surface area contributed by atoms with Crippen LogP contribution in [0.4, 0.5) is 5.69 Å². The molecular formula is C27H33N3O5S. The van der Waals surface area contributed by atoms with Gasteiger partial charge in [0.2, 0.25) is 12.2 Å². The summed E-state index contributed by atoms with van der Waals surface area (Å²) >= 11 is 1.63. The Kier molecular flexibility index (Phi) is 7.59. The number of unbranched alkanes of at least 4 members (excludes halogenated alkanes) is 1. The second kappa shape index (κ2) is 11.0. The van der Waals surface area contributed by atoms with Crippen molar-refractivity contribution in [1.82, 2.24) is 10.2 Å². The maximum absolute atomic E-state index is 13.6. The van der Waals surface area contributed by atoms with E-state index in [-0.39, 0.29) is 24.3 Å². The normalized spacial score (nSPS) is 23.4. The van der Waals surface area contributed by atoms with Crippen LogP contribution in [-0.4, -0.2) is 66.6 Å². The van der Waals surface area contributed by atoms with Gasteiger partial charge in [0.05, 0.1) is 13.3 Å². The molecule has 1 aromatic heterocycles. The van der Waals surface area contributed by atoms with E-state index in [0.717, 1.165) is 17.7 Å². The topological polar surface area (TPSA) is 91.3 Å². The molecule has 2 N–H and O–H groups in total. The lowest BCUT2D eigenvalue weighted by Gasteiger charge is -2.43. The van der Waals surface area contributed by atoms with Gasteiger partial charge in [0.25, 0.3) is 5.91 Å².